The van der Waals surface area contributed by atoms with E-state index < -0.39 is 23.4 Å². The van der Waals surface area contributed by atoms with E-state index in [0.717, 1.165) is 17.4 Å². The number of nitriles is 1. The van der Waals surface area contributed by atoms with Gasteiger partial charge in [-0.15, -0.1) is 0 Å². The zero-order valence-corrected chi connectivity index (χ0v) is 25.7. The lowest BCUT2D eigenvalue weighted by molar-refractivity contribution is -0.154. The lowest BCUT2D eigenvalue weighted by Gasteiger charge is -2.40. The lowest BCUT2D eigenvalue weighted by Crippen LogP contribution is -2.60. The van der Waals surface area contributed by atoms with Gasteiger partial charge in [0.1, 0.15) is 12.2 Å². The van der Waals surface area contributed by atoms with Crippen molar-refractivity contribution in [2.75, 3.05) is 51.6 Å². The van der Waals surface area contributed by atoms with Crippen molar-refractivity contribution in [2.45, 2.75) is 37.6 Å². The van der Waals surface area contributed by atoms with Crippen LogP contribution in [0.2, 0.25) is 5.02 Å². The summed E-state index contributed by atoms with van der Waals surface area (Å²) in [5.41, 5.74) is -2.22. The number of amides is 3. The fourth-order valence-electron chi connectivity index (χ4n) is 5.80. The average molecular weight is 661 g/mol. The Morgan fingerprint density at radius 2 is 1.89 bits per heavy atom. The van der Waals surface area contributed by atoms with Crippen LogP contribution in [0.5, 0.6) is 0 Å². The third kappa shape index (κ3) is 6.74. The van der Waals surface area contributed by atoms with E-state index in [4.69, 9.17) is 16.9 Å². The molecule has 46 heavy (non-hydrogen) atoms. The number of β-amino-alcohol motifs (C(OH)–C–C–N with tert-alkyl or cyclic N) is 1. The molecule has 0 bridgehead atoms. The molecule has 2 aromatic rings. The summed E-state index contributed by atoms with van der Waals surface area (Å²) in [5, 5.41) is 29.0. The molecule has 1 unspecified atom stereocenters. The minimum absolute atomic E-state index is 0.0789. The topological polar surface area (TPSA) is 147 Å². The van der Waals surface area contributed by atoms with E-state index in [-0.39, 0.29) is 90.7 Å². The number of alkyl halides is 3. The molecule has 3 amide bonds. The zero-order chi connectivity index (χ0) is 33.2. The Kier molecular flexibility index (Phi) is 9.43. The first-order valence-electron chi connectivity index (χ1n) is 14.6. The molecule has 12 nitrogen and oxygen atoms in total. The zero-order valence-electron chi connectivity index (χ0n) is 24.9. The fourth-order valence-corrected chi connectivity index (χ4v) is 6.07. The van der Waals surface area contributed by atoms with Crippen LogP contribution in [0, 0.1) is 11.3 Å². The quantitative estimate of drug-likeness (QED) is 0.429. The highest BCUT2D eigenvalue weighted by atomic mass is 35.5. The smallest absolute Gasteiger partial charge is 0.379 e. The maximum atomic E-state index is 13.7. The van der Waals surface area contributed by atoms with Crippen molar-refractivity contribution in [1.29, 1.82) is 5.26 Å². The number of hydrogen-bond acceptors (Lipinski definition) is 8. The molecule has 1 aromatic carbocycles. The van der Waals surface area contributed by atoms with Crippen molar-refractivity contribution < 1.29 is 32.7 Å². The molecule has 2 fully saturated rings. The van der Waals surface area contributed by atoms with E-state index in [0.29, 0.717) is 12.8 Å². The molecule has 3 aliphatic rings. The van der Waals surface area contributed by atoms with E-state index in [1.165, 1.54) is 36.2 Å². The number of likely N-dealkylation sites (N-methyl/N-ethyl adjacent to an activating group) is 1. The minimum Gasteiger partial charge on any atom is -0.379 e. The van der Waals surface area contributed by atoms with Crippen LogP contribution in [0.15, 0.2) is 42.2 Å². The normalized spacial score (nSPS) is 20.5. The molecule has 5 rings (SSSR count). The van der Waals surface area contributed by atoms with E-state index >= 15 is 0 Å². The predicted octanol–water partition coefficient (Wildman–Crippen LogP) is 2.68. The Morgan fingerprint density at radius 3 is 2.52 bits per heavy atom. The van der Waals surface area contributed by atoms with Gasteiger partial charge in [0, 0.05) is 62.9 Å². The van der Waals surface area contributed by atoms with Gasteiger partial charge in [0.2, 0.25) is 0 Å². The number of nitrogens with one attached hydrogen (secondary N) is 2. The van der Waals surface area contributed by atoms with Crippen LogP contribution in [0.3, 0.4) is 0 Å². The number of allylic oxidation sites excluding steroid dienone is 2. The molecule has 2 saturated heterocycles. The van der Waals surface area contributed by atoms with Crippen LogP contribution in [-0.4, -0.2) is 99.2 Å². The first-order chi connectivity index (χ1) is 21.8. The summed E-state index contributed by atoms with van der Waals surface area (Å²) in [6.07, 6.45) is 0.682. The Labute approximate surface area is 267 Å². The molecular weight excluding hydrogens is 629 g/mol. The van der Waals surface area contributed by atoms with Crippen LogP contribution in [0.4, 0.5) is 18.9 Å². The molecule has 3 aliphatic heterocycles. The van der Waals surface area contributed by atoms with E-state index in [9.17, 15) is 32.7 Å². The van der Waals surface area contributed by atoms with Crippen molar-refractivity contribution in [3.63, 3.8) is 0 Å². The van der Waals surface area contributed by atoms with Gasteiger partial charge in [0.05, 0.1) is 16.7 Å². The molecule has 0 radical (unpaired) electrons. The second kappa shape index (κ2) is 13.1. The first kappa shape index (κ1) is 33.0. The highest BCUT2D eigenvalue weighted by Gasteiger charge is 2.42. The molecule has 0 aliphatic carbocycles. The number of rotatable bonds is 6. The number of nitrogens with zero attached hydrogens (tertiary/aromatic N) is 6. The van der Waals surface area contributed by atoms with Crippen LogP contribution in [0.1, 0.15) is 40.9 Å². The third-order valence-electron chi connectivity index (χ3n) is 8.19. The van der Waals surface area contributed by atoms with E-state index in [2.05, 4.69) is 15.7 Å². The number of benzene rings is 1. The van der Waals surface area contributed by atoms with Crippen molar-refractivity contribution in [3.8, 4) is 6.07 Å². The number of halogens is 4. The number of aromatic nitrogens is 2. The number of hydrogen-bond donors (Lipinski definition) is 3. The Hall–Kier alpha value is -4.39. The Balaban J connectivity index is 1.22. The van der Waals surface area contributed by atoms with Crippen LogP contribution >= 0.6 is 11.6 Å². The Bertz CT molecular complexity index is 1630. The highest BCUT2D eigenvalue weighted by molar-refractivity contribution is 6.34. The SMILES string of the molecule is CN1C(C(=O)Nc2ccc(C(=O)N3CCN(C(=O)C4(O)CCCNC4)CC3)c(Cl)c2)=CCC=C1c1cn(CC#N)nc1C(F)(F)F. The summed E-state index contributed by atoms with van der Waals surface area (Å²) in [4.78, 5) is 43.9. The minimum atomic E-state index is -4.78. The van der Waals surface area contributed by atoms with Gasteiger partial charge in [-0.05, 0) is 44.0 Å². The van der Waals surface area contributed by atoms with Gasteiger partial charge < -0.3 is 30.4 Å². The monoisotopic (exact) mass is 660 g/mol. The van der Waals surface area contributed by atoms with Gasteiger partial charge in [0.25, 0.3) is 17.7 Å². The standard InChI is InChI=1S/C30H32ClF3N8O4/c1-39-23(21-17-42(11-9-35)38-25(21)30(32,33)34)4-2-5-24(39)26(43)37-19-6-7-20(22(31)16-19)27(44)40-12-14-41(15-13-40)28(45)29(46)8-3-10-36-18-29/h4-7,16-17,36,46H,2-3,8,10-15,18H2,1H3,(H,37,43). The molecule has 4 heterocycles. The number of aliphatic hydroxyl groups is 1. The summed E-state index contributed by atoms with van der Waals surface area (Å²) < 4.78 is 42.1. The number of piperidine rings is 1. The molecule has 3 N–H and O–H groups in total. The van der Waals surface area contributed by atoms with Crippen LogP contribution in [-0.2, 0) is 22.3 Å². The lowest BCUT2D eigenvalue weighted by atomic mass is 9.92. The van der Waals surface area contributed by atoms with Gasteiger partial charge in [-0.3, -0.25) is 19.1 Å². The van der Waals surface area contributed by atoms with Crippen molar-refractivity contribution >= 4 is 40.7 Å². The van der Waals surface area contributed by atoms with E-state index in [1.54, 1.807) is 21.9 Å². The van der Waals surface area contributed by atoms with Gasteiger partial charge >= 0.3 is 6.18 Å². The van der Waals surface area contributed by atoms with Gasteiger partial charge in [-0.1, -0.05) is 23.8 Å². The molecule has 1 atom stereocenters. The van der Waals surface area contributed by atoms with Crippen molar-refractivity contribution in [1.82, 2.24) is 29.8 Å². The fraction of sp³-hybridized carbons (Fsp3) is 0.433. The predicted molar refractivity (Wildman–Crippen MR) is 161 cm³/mol. The maximum absolute atomic E-state index is 13.7. The Morgan fingerprint density at radius 1 is 1.17 bits per heavy atom. The molecule has 244 valence electrons. The molecule has 1 aromatic heterocycles. The summed E-state index contributed by atoms with van der Waals surface area (Å²) >= 11 is 6.46. The summed E-state index contributed by atoms with van der Waals surface area (Å²) in [6.45, 7) is 1.61. The number of carbonyl (C=O) groups is 3. The number of carbonyl (C=O) groups excluding carboxylic acids is 3. The first-order valence-corrected chi connectivity index (χ1v) is 15.0. The van der Waals surface area contributed by atoms with Gasteiger partial charge in [-0.25, -0.2) is 0 Å². The average Bonchev–Trinajstić information content (AvgIpc) is 3.46. The summed E-state index contributed by atoms with van der Waals surface area (Å²) in [5.74, 6) is -1.31. The molecular formula is C30H32ClF3N8O4. The molecule has 16 heteroatoms. The molecule has 0 spiro atoms. The van der Waals surface area contributed by atoms with E-state index in [1.807, 2.05) is 0 Å². The second-order valence-corrected chi connectivity index (χ2v) is 11.7. The highest BCUT2D eigenvalue weighted by Crippen LogP contribution is 2.37. The largest absolute Gasteiger partial charge is 0.435 e. The number of piperazine rings is 1. The third-order valence-corrected chi connectivity index (χ3v) is 8.50. The van der Waals surface area contributed by atoms with Crippen molar-refractivity contribution in [2.24, 2.45) is 0 Å². The summed E-state index contributed by atoms with van der Waals surface area (Å²) in [6, 6.07) is 6.14. The maximum Gasteiger partial charge on any atom is 0.435 e. The summed E-state index contributed by atoms with van der Waals surface area (Å²) in [7, 11) is 1.45. The van der Waals surface area contributed by atoms with Crippen molar-refractivity contribution in [3.05, 3.63) is 64.1 Å². The van der Waals surface area contributed by atoms with Crippen LogP contribution < -0.4 is 10.6 Å². The molecule has 0 saturated carbocycles. The second-order valence-electron chi connectivity index (χ2n) is 11.3. The van der Waals surface area contributed by atoms with Gasteiger partial charge in [0.15, 0.2) is 11.3 Å². The number of anilines is 1. The van der Waals surface area contributed by atoms with Crippen LogP contribution in [0.25, 0.3) is 5.70 Å². The van der Waals surface area contributed by atoms with Gasteiger partial charge in [-0.2, -0.15) is 23.5 Å².